The highest BCUT2D eigenvalue weighted by atomic mass is 16.7. The van der Waals surface area contributed by atoms with Crippen LogP contribution in [0.3, 0.4) is 0 Å². The van der Waals surface area contributed by atoms with Crippen LogP contribution >= 0.6 is 0 Å². The molecule has 1 amide bonds. The fourth-order valence-corrected chi connectivity index (χ4v) is 3.29. The number of amides is 1. The van der Waals surface area contributed by atoms with E-state index in [1.807, 2.05) is 12.1 Å². The zero-order valence-electron chi connectivity index (χ0n) is 17.2. The van der Waals surface area contributed by atoms with Crippen molar-refractivity contribution in [3.8, 4) is 17.6 Å². The van der Waals surface area contributed by atoms with E-state index in [9.17, 15) is 14.9 Å². The second-order valence-electron chi connectivity index (χ2n) is 7.05. The zero-order chi connectivity index (χ0) is 22.3. The molecule has 0 aliphatic carbocycles. The van der Waals surface area contributed by atoms with Gasteiger partial charge in [0.15, 0.2) is 18.1 Å². The van der Waals surface area contributed by atoms with Crippen LogP contribution < -0.4 is 19.7 Å². The summed E-state index contributed by atoms with van der Waals surface area (Å²) in [6.07, 6.45) is 1.37. The minimum atomic E-state index is -0.886. The maximum Gasteiger partial charge on any atom is 0.349 e. The highest BCUT2D eigenvalue weighted by Gasteiger charge is 2.16. The molecular weight excluding hydrogens is 414 g/mol. The normalized spacial score (nSPS) is 15.1. The van der Waals surface area contributed by atoms with E-state index in [4.69, 9.17) is 18.9 Å². The van der Waals surface area contributed by atoms with Crippen molar-refractivity contribution in [2.45, 2.75) is 0 Å². The van der Waals surface area contributed by atoms with E-state index >= 15 is 0 Å². The summed E-state index contributed by atoms with van der Waals surface area (Å²) in [7, 11) is 0. The highest BCUT2D eigenvalue weighted by molar-refractivity contribution is 6.00. The lowest BCUT2D eigenvalue weighted by molar-refractivity contribution is -0.142. The number of benzene rings is 2. The molecule has 0 spiro atoms. The van der Waals surface area contributed by atoms with Crippen molar-refractivity contribution >= 4 is 29.3 Å². The molecule has 1 N–H and O–H groups in total. The maximum absolute atomic E-state index is 12.2. The molecule has 0 bridgehead atoms. The highest BCUT2D eigenvalue weighted by Crippen LogP contribution is 2.33. The Hall–Kier alpha value is -4.03. The van der Waals surface area contributed by atoms with E-state index in [0.29, 0.717) is 36.0 Å². The zero-order valence-corrected chi connectivity index (χ0v) is 17.2. The number of ether oxygens (including phenoxy) is 4. The number of anilines is 2. The van der Waals surface area contributed by atoms with Gasteiger partial charge >= 0.3 is 5.97 Å². The van der Waals surface area contributed by atoms with E-state index in [-0.39, 0.29) is 12.4 Å². The molecule has 0 aromatic heterocycles. The molecule has 0 unspecified atom stereocenters. The van der Waals surface area contributed by atoms with Crippen molar-refractivity contribution < 1.29 is 28.5 Å². The van der Waals surface area contributed by atoms with Gasteiger partial charge in [-0.25, -0.2) is 4.79 Å². The summed E-state index contributed by atoms with van der Waals surface area (Å²) in [5.74, 6) is -0.262. The van der Waals surface area contributed by atoms with Crippen molar-refractivity contribution in [2.24, 2.45) is 0 Å². The van der Waals surface area contributed by atoms with Crippen LogP contribution in [0.4, 0.5) is 11.4 Å². The summed E-state index contributed by atoms with van der Waals surface area (Å²) in [6, 6.07) is 14.2. The van der Waals surface area contributed by atoms with E-state index in [2.05, 4.69) is 10.2 Å². The van der Waals surface area contributed by atoms with Gasteiger partial charge in [0.1, 0.15) is 11.6 Å². The third kappa shape index (κ3) is 5.17. The van der Waals surface area contributed by atoms with E-state index in [0.717, 1.165) is 18.8 Å². The minimum Gasteiger partial charge on any atom is -0.454 e. The third-order valence-corrected chi connectivity index (χ3v) is 4.91. The number of carbonyl (C=O) groups is 2. The number of fused-ring (bicyclic) bond motifs is 1. The van der Waals surface area contributed by atoms with Crippen molar-refractivity contribution in [3.05, 3.63) is 53.6 Å². The summed E-state index contributed by atoms with van der Waals surface area (Å²) >= 11 is 0. The number of nitrogens with zero attached hydrogens (tertiary/aromatic N) is 2. The monoisotopic (exact) mass is 435 g/mol. The fraction of sp³-hybridized carbons (Fsp3) is 0.261. The van der Waals surface area contributed by atoms with E-state index in [1.165, 1.54) is 6.08 Å². The van der Waals surface area contributed by atoms with Crippen LogP contribution in [0.2, 0.25) is 0 Å². The number of morpholine rings is 1. The Kier molecular flexibility index (Phi) is 6.53. The van der Waals surface area contributed by atoms with Gasteiger partial charge in [-0.05, 0) is 48.0 Å². The second-order valence-corrected chi connectivity index (χ2v) is 7.05. The molecule has 2 heterocycles. The fourth-order valence-electron chi connectivity index (χ4n) is 3.29. The molecule has 0 radical (unpaired) electrons. The lowest BCUT2D eigenvalue weighted by Crippen LogP contribution is -2.36. The summed E-state index contributed by atoms with van der Waals surface area (Å²) in [6.45, 7) is 2.64. The Morgan fingerprint density at radius 2 is 1.84 bits per heavy atom. The minimum absolute atomic E-state index is 0.126. The number of carbonyl (C=O) groups excluding carboxylic acids is 2. The van der Waals surface area contributed by atoms with Gasteiger partial charge in [-0.15, -0.1) is 0 Å². The average Bonchev–Trinajstić information content (AvgIpc) is 3.30. The molecule has 2 aromatic rings. The molecule has 164 valence electrons. The van der Waals surface area contributed by atoms with Crippen molar-refractivity contribution in [2.75, 3.05) is 49.9 Å². The van der Waals surface area contributed by atoms with Crippen LogP contribution in [0.1, 0.15) is 5.56 Å². The largest absolute Gasteiger partial charge is 0.454 e. The van der Waals surface area contributed by atoms with Gasteiger partial charge in [-0.1, -0.05) is 6.07 Å². The van der Waals surface area contributed by atoms with Crippen LogP contribution in [0, 0.1) is 11.3 Å². The molecular formula is C23H21N3O6. The smallest absolute Gasteiger partial charge is 0.349 e. The lowest BCUT2D eigenvalue weighted by Gasteiger charge is -2.28. The van der Waals surface area contributed by atoms with Gasteiger partial charge in [-0.2, -0.15) is 5.26 Å². The molecule has 9 nitrogen and oxygen atoms in total. The van der Waals surface area contributed by atoms with Gasteiger partial charge in [0.05, 0.1) is 13.2 Å². The first-order valence-electron chi connectivity index (χ1n) is 10.0. The summed E-state index contributed by atoms with van der Waals surface area (Å²) < 4.78 is 20.8. The number of hydrogen-bond donors (Lipinski definition) is 1. The summed E-state index contributed by atoms with van der Waals surface area (Å²) in [5.41, 5.74) is 1.98. The first-order chi connectivity index (χ1) is 15.6. The quantitative estimate of drug-likeness (QED) is 0.418. The Bertz CT molecular complexity index is 1070. The molecule has 2 aromatic carbocycles. The first kappa shape index (κ1) is 21.2. The number of nitrogens with one attached hydrogen (secondary N) is 1. The standard InChI is InChI=1S/C23H21N3O6/c24-13-17(11-16-1-6-20-21(12-16)32-15-31-20)23(28)30-14-22(27)25-18-2-4-19(5-3-18)26-7-9-29-10-8-26/h1-6,11-12H,7-10,14-15H2,(H,25,27)/b17-11-. The topological polar surface area (TPSA) is 110 Å². The van der Waals surface area contributed by atoms with Crippen LogP contribution in [0.25, 0.3) is 6.08 Å². The molecule has 0 saturated carbocycles. The molecule has 1 fully saturated rings. The van der Waals surface area contributed by atoms with Gasteiger partial charge in [0.2, 0.25) is 6.79 Å². The summed E-state index contributed by atoms with van der Waals surface area (Å²) in [5, 5.41) is 12.0. The summed E-state index contributed by atoms with van der Waals surface area (Å²) in [4.78, 5) is 26.6. The van der Waals surface area contributed by atoms with Crippen molar-refractivity contribution in [1.29, 1.82) is 5.26 Å². The molecule has 2 aliphatic heterocycles. The van der Waals surface area contributed by atoms with Crippen molar-refractivity contribution in [1.82, 2.24) is 0 Å². The van der Waals surface area contributed by atoms with Gasteiger partial charge in [0.25, 0.3) is 5.91 Å². The van der Waals surface area contributed by atoms with Crippen LogP contribution in [-0.4, -0.2) is 51.6 Å². The Morgan fingerprint density at radius 3 is 2.59 bits per heavy atom. The Labute approximate surface area is 184 Å². The third-order valence-electron chi connectivity index (χ3n) is 4.91. The Balaban J connectivity index is 1.30. The number of nitriles is 1. The second kappa shape index (κ2) is 9.85. The Morgan fingerprint density at radius 1 is 1.09 bits per heavy atom. The molecule has 32 heavy (non-hydrogen) atoms. The molecule has 9 heteroatoms. The van der Waals surface area contributed by atoms with Crippen LogP contribution in [0.5, 0.6) is 11.5 Å². The molecule has 2 aliphatic rings. The predicted octanol–water partition coefficient (Wildman–Crippen LogP) is 2.34. The van der Waals surface area contributed by atoms with Gasteiger partial charge < -0.3 is 29.2 Å². The number of hydrogen-bond acceptors (Lipinski definition) is 8. The van der Waals surface area contributed by atoms with E-state index < -0.39 is 18.5 Å². The lowest BCUT2D eigenvalue weighted by atomic mass is 10.1. The molecule has 1 saturated heterocycles. The predicted molar refractivity (Wildman–Crippen MR) is 115 cm³/mol. The van der Waals surface area contributed by atoms with Crippen molar-refractivity contribution in [3.63, 3.8) is 0 Å². The van der Waals surface area contributed by atoms with Crippen LogP contribution in [0.15, 0.2) is 48.0 Å². The number of rotatable bonds is 6. The molecule has 4 rings (SSSR count). The average molecular weight is 435 g/mol. The SMILES string of the molecule is N#C/C(=C/c1ccc2c(c1)OCO2)C(=O)OCC(=O)Nc1ccc(N2CCOCC2)cc1. The van der Waals surface area contributed by atoms with Crippen LogP contribution in [-0.2, 0) is 19.1 Å². The van der Waals surface area contributed by atoms with Gasteiger partial charge in [-0.3, -0.25) is 4.79 Å². The van der Waals surface area contributed by atoms with Gasteiger partial charge in [0, 0.05) is 24.5 Å². The van der Waals surface area contributed by atoms with E-state index in [1.54, 1.807) is 36.4 Å². The molecule has 0 atom stereocenters. The number of esters is 1. The first-order valence-corrected chi connectivity index (χ1v) is 10.0. The maximum atomic E-state index is 12.2.